The normalized spacial score (nSPS) is 6.90. The number of guanidine groups is 1. The Kier molecular flexibility index (Phi) is 19.0. The summed E-state index contributed by atoms with van der Waals surface area (Å²) in [5.74, 6) is 0.137. The molecule has 0 atom stereocenters. The Balaban J connectivity index is -0.000000245. The molecule has 0 saturated heterocycles. The molecular weight excluding hydrogens is 175 g/mol. The van der Waals surface area contributed by atoms with Crippen molar-refractivity contribution in [3.05, 3.63) is 0 Å². The third-order valence-electron chi connectivity index (χ3n) is 0.657. The summed E-state index contributed by atoms with van der Waals surface area (Å²) in [6.07, 6.45) is 0.845. The molecule has 10 heavy (non-hydrogen) atoms. The Morgan fingerprint density at radius 2 is 1.70 bits per heavy atom. The lowest BCUT2D eigenvalue weighted by molar-refractivity contribution is 0.842. The average Bonchev–Trinajstić information content (AvgIpc) is 1.66. The molecule has 0 radical (unpaired) electrons. The van der Waals surface area contributed by atoms with Gasteiger partial charge in [0, 0.05) is 6.54 Å². The third kappa shape index (κ3) is 15.7. The highest BCUT2D eigenvalue weighted by molar-refractivity contribution is 5.85. The summed E-state index contributed by atoms with van der Waals surface area (Å²) in [6.45, 7) is 1.27. The highest BCUT2D eigenvalue weighted by Gasteiger charge is 1.79. The lowest BCUT2D eigenvalue weighted by Gasteiger charge is -1.89. The van der Waals surface area contributed by atoms with Gasteiger partial charge in [0.15, 0.2) is 5.96 Å². The maximum absolute atomic E-state index is 5.16. The van der Waals surface area contributed by atoms with Crippen LogP contribution < -0.4 is 17.2 Å². The predicted octanol–water partition coefficient (Wildman–Crippen LogP) is -0.548. The molecule has 0 amide bonds. The SMILES string of the molecule is Cl.Cl.NCCCN=C(N)N. The first kappa shape index (κ1) is 16.4. The molecule has 0 saturated carbocycles. The highest BCUT2D eigenvalue weighted by atomic mass is 35.5. The van der Waals surface area contributed by atoms with Gasteiger partial charge in [0.05, 0.1) is 0 Å². The van der Waals surface area contributed by atoms with Crippen LogP contribution in [0.2, 0.25) is 0 Å². The lowest BCUT2D eigenvalue weighted by Crippen LogP contribution is -2.23. The molecule has 0 aromatic rings. The molecule has 6 heteroatoms. The Labute approximate surface area is 73.1 Å². The van der Waals surface area contributed by atoms with Crippen LogP contribution in [-0.4, -0.2) is 19.0 Å². The second-order valence-electron chi connectivity index (χ2n) is 1.45. The van der Waals surface area contributed by atoms with E-state index >= 15 is 0 Å². The summed E-state index contributed by atoms with van der Waals surface area (Å²) in [6, 6.07) is 0. The van der Waals surface area contributed by atoms with E-state index in [2.05, 4.69) is 4.99 Å². The van der Waals surface area contributed by atoms with Crippen molar-refractivity contribution < 1.29 is 0 Å². The maximum atomic E-state index is 5.16. The zero-order chi connectivity index (χ0) is 6.41. The molecule has 0 aromatic heterocycles. The number of rotatable bonds is 3. The molecule has 0 aliphatic carbocycles. The molecule has 0 bridgehead atoms. The van der Waals surface area contributed by atoms with Crippen LogP contribution in [0.15, 0.2) is 4.99 Å². The van der Waals surface area contributed by atoms with Gasteiger partial charge in [0.2, 0.25) is 0 Å². The predicted molar refractivity (Wildman–Crippen MR) is 48.8 cm³/mol. The van der Waals surface area contributed by atoms with E-state index in [9.17, 15) is 0 Å². The van der Waals surface area contributed by atoms with Crippen molar-refractivity contribution in [1.82, 2.24) is 0 Å². The van der Waals surface area contributed by atoms with Crippen LogP contribution in [0.5, 0.6) is 0 Å². The molecule has 0 aliphatic heterocycles. The molecular formula is C4H14Cl2N4. The Morgan fingerprint density at radius 1 is 1.20 bits per heavy atom. The number of nitrogens with two attached hydrogens (primary N) is 3. The fraction of sp³-hybridized carbons (Fsp3) is 0.750. The van der Waals surface area contributed by atoms with Crippen molar-refractivity contribution in [3.8, 4) is 0 Å². The van der Waals surface area contributed by atoms with E-state index in [-0.39, 0.29) is 30.8 Å². The fourth-order valence-corrected chi connectivity index (χ4v) is 0.299. The van der Waals surface area contributed by atoms with Crippen molar-refractivity contribution >= 4 is 30.8 Å². The minimum Gasteiger partial charge on any atom is -0.370 e. The van der Waals surface area contributed by atoms with Crippen LogP contribution in [0.25, 0.3) is 0 Å². The number of aliphatic imine (C=N–C) groups is 1. The zero-order valence-corrected chi connectivity index (χ0v) is 7.25. The van der Waals surface area contributed by atoms with Crippen molar-refractivity contribution in [2.24, 2.45) is 22.2 Å². The topological polar surface area (TPSA) is 90.4 Å². The fourth-order valence-electron chi connectivity index (χ4n) is 0.299. The molecule has 0 unspecified atom stereocenters. The smallest absolute Gasteiger partial charge is 0.185 e. The first-order chi connectivity index (χ1) is 3.77. The number of nitrogens with zero attached hydrogens (tertiary/aromatic N) is 1. The van der Waals surface area contributed by atoms with Gasteiger partial charge in [0.1, 0.15) is 0 Å². The highest BCUT2D eigenvalue weighted by Crippen LogP contribution is 1.73. The van der Waals surface area contributed by atoms with Gasteiger partial charge in [-0.1, -0.05) is 0 Å². The second kappa shape index (κ2) is 11.6. The monoisotopic (exact) mass is 188 g/mol. The summed E-state index contributed by atoms with van der Waals surface area (Å²) in [5.41, 5.74) is 15.2. The van der Waals surface area contributed by atoms with Gasteiger partial charge in [-0.05, 0) is 13.0 Å². The van der Waals surface area contributed by atoms with Gasteiger partial charge in [-0.15, -0.1) is 24.8 Å². The van der Waals surface area contributed by atoms with E-state index in [0.29, 0.717) is 13.1 Å². The van der Waals surface area contributed by atoms with Gasteiger partial charge in [0.25, 0.3) is 0 Å². The summed E-state index contributed by atoms with van der Waals surface area (Å²) >= 11 is 0. The van der Waals surface area contributed by atoms with E-state index in [0.717, 1.165) is 6.42 Å². The molecule has 0 aromatic carbocycles. The number of hydrogen-bond acceptors (Lipinski definition) is 2. The Morgan fingerprint density at radius 3 is 2.00 bits per heavy atom. The number of hydrogen-bond donors (Lipinski definition) is 3. The van der Waals surface area contributed by atoms with Gasteiger partial charge < -0.3 is 17.2 Å². The molecule has 0 rings (SSSR count). The van der Waals surface area contributed by atoms with Crippen LogP contribution in [0.4, 0.5) is 0 Å². The summed E-state index contributed by atoms with van der Waals surface area (Å²) in [5, 5.41) is 0. The summed E-state index contributed by atoms with van der Waals surface area (Å²) in [7, 11) is 0. The van der Waals surface area contributed by atoms with Crippen LogP contribution >= 0.6 is 24.8 Å². The lowest BCUT2D eigenvalue weighted by atomic mass is 10.4. The Bertz CT molecular complexity index is 81.3. The molecule has 4 nitrogen and oxygen atoms in total. The van der Waals surface area contributed by atoms with E-state index in [4.69, 9.17) is 17.2 Å². The van der Waals surface area contributed by atoms with E-state index in [1.807, 2.05) is 0 Å². The molecule has 0 aliphatic rings. The van der Waals surface area contributed by atoms with Crippen LogP contribution in [-0.2, 0) is 0 Å². The van der Waals surface area contributed by atoms with Crippen molar-refractivity contribution in [2.75, 3.05) is 13.1 Å². The minimum atomic E-state index is 0. The standard InChI is InChI=1S/C4H12N4.2ClH/c5-2-1-3-8-4(6)7;;/h1-3,5H2,(H4,6,7,8);2*1H. The summed E-state index contributed by atoms with van der Waals surface area (Å²) < 4.78 is 0. The summed E-state index contributed by atoms with van der Waals surface area (Å²) in [4.78, 5) is 3.71. The minimum absolute atomic E-state index is 0. The van der Waals surface area contributed by atoms with Gasteiger partial charge in [-0.2, -0.15) is 0 Å². The van der Waals surface area contributed by atoms with E-state index in [1.165, 1.54) is 0 Å². The van der Waals surface area contributed by atoms with Gasteiger partial charge in [-0.25, -0.2) is 0 Å². The first-order valence-corrected chi connectivity index (χ1v) is 2.53. The van der Waals surface area contributed by atoms with E-state index in [1.54, 1.807) is 0 Å². The molecule has 0 fully saturated rings. The van der Waals surface area contributed by atoms with Crippen molar-refractivity contribution in [2.45, 2.75) is 6.42 Å². The van der Waals surface area contributed by atoms with E-state index < -0.39 is 0 Å². The average molecular weight is 189 g/mol. The van der Waals surface area contributed by atoms with Gasteiger partial charge >= 0.3 is 0 Å². The third-order valence-corrected chi connectivity index (χ3v) is 0.657. The maximum Gasteiger partial charge on any atom is 0.185 e. The van der Waals surface area contributed by atoms with Gasteiger partial charge in [-0.3, -0.25) is 4.99 Å². The largest absolute Gasteiger partial charge is 0.370 e. The quantitative estimate of drug-likeness (QED) is 0.316. The molecule has 0 heterocycles. The molecule has 0 spiro atoms. The molecule has 64 valence electrons. The van der Waals surface area contributed by atoms with Crippen LogP contribution in [0.3, 0.4) is 0 Å². The van der Waals surface area contributed by atoms with Crippen LogP contribution in [0, 0.1) is 0 Å². The van der Waals surface area contributed by atoms with Crippen molar-refractivity contribution in [1.29, 1.82) is 0 Å². The van der Waals surface area contributed by atoms with Crippen molar-refractivity contribution in [3.63, 3.8) is 0 Å². The molecule has 6 N–H and O–H groups in total. The first-order valence-electron chi connectivity index (χ1n) is 2.53. The second-order valence-corrected chi connectivity index (χ2v) is 1.45. The number of halogens is 2. The Hall–Kier alpha value is -0.190. The zero-order valence-electron chi connectivity index (χ0n) is 5.62. The van der Waals surface area contributed by atoms with Crippen LogP contribution in [0.1, 0.15) is 6.42 Å².